The van der Waals surface area contributed by atoms with Gasteiger partial charge in [-0.25, -0.2) is 0 Å². The average molecular weight is 221 g/mol. The summed E-state index contributed by atoms with van der Waals surface area (Å²) < 4.78 is 10.9. The molecule has 4 heteroatoms. The normalized spacial score (nSPS) is 13.5. The molecule has 0 spiro atoms. The second kappa shape index (κ2) is 4.88. The second-order valence-corrected chi connectivity index (χ2v) is 3.80. The van der Waals surface area contributed by atoms with Gasteiger partial charge in [-0.05, 0) is 30.5 Å². The first-order chi connectivity index (χ1) is 7.75. The van der Waals surface area contributed by atoms with E-state index >= 15 is 0 Å². The molecule has 0 bridgehead atoms. The van der Waals surface area contributed by atoms with Crippen LogP contribution in [0.3, 0.4) is 0 Å². The molecule has 1 aromatic carbocycles. The summed E-state index contributed by atoms with van der Waals surface area (Å²) in [5.41, 5.74) is 6.23. The van der Waals surface area contributed by atoms with Crippen molar-refractivity contribution in [3.8, 4) is 11.5 Å². The van der Waals surface area contributed by atoms with E-state index in [2.05, 4.69) is 0 Å². The standard InChI is InChI=1S/C12H15NO3/c13-12(14)3-1-2-9-4-5-10-11(8-9)16-7-6-15-10/h4-5,8H,1-3,6-7H2,(H2,13,14). The van der Waals surface area contributed by atoms with Crippen molar-refractivity contribution in [1.82, 2.24) is 0 Å². The molecule has 0 atom stereocenters. The molecule has 2 rings (SSSR count). The Labute approximate surface area is 94.3 Å². The fraction of sp³-hybridized carbons (Fsp3) is 0.417. The number of hydrogen-bond acceptors (Lipinski definition) is 3. The summed E-state index contributed by atoms with van der Waals surface area (Å²) >= 11 is 0. The van der Waals surface area contributed by atoms with Gasteiger partial charge in [0.1, 0.15) is 13.2 Å². The van der Waals surface area contributed by atoms with E-state index < -0.39 is 0 Å². The summed E-state index contributed by atoms with van der Waals surface area (Å²) in [5, 5.41) is 0. The number of rotatable bonds is 4. The Bertz CT molecular complexity index is 390. The average Bonchev–Trinajstić information content (AvgIpc) is 2.28. The Hall–Kier alpha value is -1.71. The van der Waals surface area contributed by atoms with Gasteiger partial charge < -0.3 is 15.2 Å². The summed E-state index contributed by atoms with van der Waals surface area (Å²) in [7, 11) is 0. The highest BCUT2D eigenvalue weighted by molar-refractivity contribution is 5.73. The Morgan fingerprint density at radius 3 is 2.75 bits per heavy atom. The molecule has 86 valence electrons. The maximum atomic E-state index is 10.6. The van der Waals surface area contributed by atoms with E-state index in [-0.39, 0.29) is 5.91 Å². The van der Waals surface area contributed by atoms with Crippen molar-refractivity contribution < 1.29 is 14.3 Å². The Balaban J connectivity index is 1.97. The molecule has 1 aromatic rings. The largest absolute Gasteiger partial charge is 0.486 e. The highest BCUT2D eigenvalue weighted by Crippen LogP contribution is 2.31. The first-order valence-corrected chi connectivity index (χ1v) is 5.42. The molecule has 0 aliphatic carbocycles. The number of fused-ring (bicyclic) bond motifs is 1. The van der Waals surface area contributed by atoms with Gasteiger partial charge in [0.25, 0.3) is 0 Å². The third-order valence-electron chi connectivity index (χ3n) is 2.50. The number of primary amides is 1. The minimum Gasteiger partial charge on any atom is -0.486 e. The van der Waals surface area contributed by atoms with Crippen LogP contribution in [-0.2, 0) is 11.2 Å². The van der Waals surface area contributed by atoms with Gasteiger partial charge in [0.2, 0.25) is 5.91 Å². The van der Waals surface area contributed by atoms with Crippen molar-refractivity contribution in [2.45, 2.75) is 19.3 Å². The highest BCUT2D eigenvalue weighted by atomic mass is 16.6. The fourth-order valence-corrected chi connectivity index (χ4v) is 1.71. The van der Waals surface area contributed by atoms with Gasteiger partial charge in [-0.1, -0.05) is 6.07 Å². The summed E-state index contributed by atoms with van der Waals surface area (Å²) in [5.74, 6) is 1.34. The molecule has 16 heavy (non-hydrogen) atoms. The summed E-state index contributed by atoms with van der Waals surface area (Å²) in [4.78, 5) is 10.6. The van der Waals surface area contributed by atoms with Crippen molar-refractivity contribution in [3.63, 3.8) is 0 Å². The van der Waals surface area contributed by atoms with Crippen LogP contribution >= 0.6 is 0 Å². The van der Waals surface area contributed by atoms with E-state index in [1.54, 1.807) is 0 Å². The van der Waals surface area contributed by atoms with Gasteiger partial charge in [0, 0.05) is 6.42 Å². The third kappa shape index (κ3) is 2.66. The molecule has 0 fully saturated rings. The molecule has 2 N–H and O–H groups in total. The van der Waals surface area contributed by atoms with Gasteiger partial charge >= 0.3 is 0 Å². The zero-order valence-corrected chi connectivity index (χ0v) is 9.07. The zero-order chi connectivity index (χ0) is 11.4. The van der Waals surface area contributed by atoms with Crippen LogP contribution < -0.4 is 15.2 Å². The predicted octanol–water partition coefficient (Wildman–Crippen LogP) is 1.27. The first kappa shape index (κ1) is 10.8. The molecular weight excluding hydrogens is 206 g/mol. The number of ether oxygens (including phenoxy) is 2. The van der Waals surface area contributed by atoms with E-state index in [1.807, 2.05) is 18.2 Å². The van der Waals surface area contributed by atoms with Crippen molar-refractivity contribution in [2.75, 3.05) is 13.2 Å². The number of hydrogen-bond donors (Lipinski definition) is 1. The minimum atomic E-state index is -0.252. The molecule has 0 saturated carbocycles. The Kier molecular flexibility index (Phi) is 3.29. The van der Waals surface area contributed by atoms with E-state index in [0.717, 1.165) is 29.9 Å². The highest BCUT2D eigenvalue weighted by Gasteiger charge is 2.11. The van der Waals surface area contributed by atoms with Crippen molar-refractivity contribution in [3.05, 3.63) is 23.8 Å². The van der Waals surface area contributed by atoms with Gasteiger partial charge in [-0.2, -0.15) is 0 Å². The quantitative estimate of drug-likeness (QED) is 0.832. The smallest absolute Gasteiger partial charge is 0.217 e. The molecule has 4 nitrogen and oxygen atoms in total. The van der Waals surface area contributed by atoms with Crippen LogP contribution in [-0.4, -0.2) is 19.1 Å². The minimum absolute atomic E-state index is 0.252. The molecule has 1 heterocycles. The van der Waals surface area contributed by atoms with Crippen molar-refractivity contribution in [2.24, 2.45) is 5.73 Å². The van der Waals surface area contributed by atoms with Crippen LogP contribution in [0.2, 0.25) is 0 Å². The van der Waals surface area contributed by atoms with Gasteiger partial charge in [-0.15, -0.1) is 0 Å². The summed E-state index contributed by atoms with van der Waals surface area (Å²) in [6.45, 7) is 1.20. The SMILES string of the molecule is NC(=O)CCCc1ccc2c(c1)OCCO2. The van der Waals surface area contributed by atoms with Gasteiger partial charge in [0.15, 0.2) is 11.5 Å². The van der Waals surface area contributed by atoms with Crippen molar-refractivity contribution in [1.29, 1.82) is 0 Å². The van der Waals surface area contributed by atoms with E-state index in [1.165, 1.54) is 0 Å². The maximum Gasteiger partial charge on any atom is 0.217 e. The van der Waals surface area contributed by atoms with Crippen LogP contribution in [0, 0.1) is 0 Å². The third-order valence-corrected chi connectivity index (χ3v) is 2.50. The van der Waals surface area contributed by atoms with Crippen LogP contribution in [0.25, 0.3) is 0 Å². The van der Waals surface area contributed by atoms with E-state index in [0.29, 0.717) is 19.6 Å². The van der Waals surface area contributed by atoms with Crippen LogP contribution in [0.4, 0.5) is 0 Å². The number of nitrogens with two attached hydrogens (primary N) is 1. The lowest BCUT2D eigenvalue weighted by atomic mass is 10.1. The van der Waals surface area contributed by atoms with Crippen molar-refractivity contribution >= 4 is 5.91 Å². The Morgan fingerprint density at radius 1 is 1.25 bits per heavy atom. The first-order valence-electron chi connectivity index (χ1n) is 5.42. The summed E-state index contributed by atoms with van der Waals surface area (Å²) in [6.07, 6.45) is 2.03. The lowest BCUT2D eigenvalue weighted by molar-refractivity contribution is -0.118. The Morgan fingerprint density at radius 2 is 2.00 bits per heavy atom. The maximum absolute atomic E-state index is 10.6. The number of carbonyl (C=O) groups is 1. The van der Waals surface area contributed by atoms with Crippen LogP contribution in [0.15, 0.2) is 18.2 Å². The molecule has 1 aliphatic rings. The molecule has 0 saturated heterocycles. The molecule has 1 amide bonds. The molecule has 0 unspecified atom stereocenters. The zero-order valence-electron chi connectivity index (χ0n) is 9.07. The molecular formula is C12H15NO3. The molecule has 1 aliphatic heterocycles. The van der Waals surface area contributed by atoms with Gasteiger partial charge in [-0.3, -0.25) is 4.79 Å². The second-order valence-electron chi connectivity index (χ2n) is 3.80. The fourth-order valence-electron chi connectivity index (χ4n) is 1.71. The predicted molar refractivity (Wildman–Crippen MR) is 59.6 cm³/mol. The van der Waals surface area contributed by atoms with Gasteiger partial charge in [0.05, 0.1) is 0 Å². The molecule has 0 radical (unpaired) electrons. The number of benzene rings is 1. The number of carbonyl (C=O) groups excluding carboxylic acids is 1. The lowest BCUT2D eigenvalue weighted by Crippen LogP contribution is -2.15. The van der Waals surface area contributed by atoms with E-state index in [4.69, 9.17) is 15.2 Å². The lowest BCUT2D eigenvalue weighted by Gasteiger charge is -2.18. The number of aryl methyl sites for hydroxylation is 1. The van der Waals surface area contributed by atoms with Crippen LogP contribution in [0.5, 0.6) is 11.5 Å². The topological polar surface area (TPSA) is 61.6 Å². The molecule has 0 aromatic heterocycles. The van der Waals surface area contributed by atoms with E-state index in [9.17, 15) is 4.79 Å². The summed E-state index contributed by atoms with van der Waals surface area (Å²) in [6, 6.07) is 5.87. The van der Waals surface area contributed by atoms with Crippen LogP contribution in [0.1, 0.15) is 18.4 Å². The monoisotopic (exact) mass is 221 g/mol. The number of amides is 1.